The number of carbonyl (C=O) groups excluding carboxylic acids is 1. The molecular weight excluding hydrogens is 264 g/mol. The van der Waals surface area contributed by atoms with E-state index in [0.29, 0.717) is 24.7 Å². The number of rotatable bonds is 4. The van der Waals surface area contributed by atoms with Crippen molar-refractivity contribution in [1.29, 1.82) is 0 Å². The lowest BCUT2D eigenvalue weighted by atomic mass is 9.87. The number of aryl methyl sites for hydroxylation is 2. The lowest BCUT2D eigenvalue weighted by molar-refractivity contribution is -0.156. The van der Waals surface area contributed by atoms with E-state index < -0.39 is 5.60 Å². The molecule has 2 rings (SSSR count). The third-order valence-electron chi connectivity index (χ3n) is 3.99. The average molecular weight is 288 g/mol. The summed E-state index contributed by atoms with van der Waals surface area (Å²) in [6.45, 7) is 10.5. The van der Waals surface area contributed by atoms with E-state index in [-0.39, 0.29) is 5.97 Å². The Labute approximate surface area is 127 Å². The first-order valence-electron chi connectivity index (χ1n) is 7.46. The van der Waals surface area contributed by atoms with Crippen LogP contribution in [0.1, 0.15) is 38.3 Å². The van der Waals surface area contributed by atoms with Gasteiger partial charge < -0.3 is 9.47 Å². The minimum Gasteiger partial charge on any atom is -0.424 e. The molecule has 0 saturated heterocycles. The molecule has 0 aromatic heterocycles. The van der Waals surface area contributed by atoms with Crippen molar-refractivity contribution >= 4 is 5.97 Å². The molecule has 1 aliphatic heterocycles. The van der Waals surface area contributed by atoms with Crippen LogP contribution in [0, 0.1) is 19.8 Å². The van der Waals surface area contributed by atoms with Crippen molar-refractivity contribution in [2.75, 3.05) is 6.61 Å². The normalized spacial score (nSPS) is 21.5. The number of hydrogen-bond acceptors (Lipinski definition) is 3. The Hall–Kier alpha value is -1.61. The van der Waals surface area contributed by atoms with Crippen LogP contribution in [0.3, 0.4) is 0 Å². The molecule has 0 N–H and O–H groups in total. The fraction of sp³-hybridized carbons (Fsp3) is 0.500. The van der Waals surface area contributed by atoms with Gasteiger partial charge in [-0.2, -0.15) is 0 Å². The SMILES string of the molecule is CC1=CCO[C@@]1(CC(C)C)C(=O)Oc1c(C)cccc1C. The van der Waals surface area contributed by atoms with Crippen molar-refractivity contribution in [1.82, 2.24) is 0 Å². The lowest BCUT2D eigenvalue weighted by Crippen LogP contribution is -2.44. The first kappa shape index (κ1) is 15.8. The quantitative estimate of drug-likeness (QED) is 0.478. The highest BCUT2D eigenvalue weighted by atomic mass is 16.6. The van der Waals surface area contributed by atoms with E-state index in [0.717, 1.165) is 16.7 Å². The number of ether oxygens (including phenoxy) is 2. The summed E-state index contributed by atoms with van der Waals surface area (Å²) in [7, 11) is 0. The van der Waals surface area contributed by atoms with E-state index in [1.54, 1.807) is 0 Å². The molecule has 0 unspecified atom stereocenters. The Kier molecular flexibility index (Phi) is 4.52. The summed E-state index contributed by atoms with van der Waals surface area (Å²) in [6, 6.07) is 5.86. The zero-order valence-corrected chi connectivity index (χ0v) is 13.5. The fourth-order valence-electron chi connectivity index (χ4n) is 2.82. The van der Waals surface area contributed by atoms with E-state index in [1.165, 1.54) is 0 Å². The summed E-state index contributed by atoms with van der Waals surface area (Å²) < 4.78 is 11.5. The zero-order valence-electron chi connectivity index (χ0n) is 13.5. The first-order chi connectivity index (χ1) is 9.86. The van der Waals surface area contributed by atoms with E-state index >= 15 is 0 Å². The second-order valence-electron chi connectivity index (χ2n) is 6.23. The van der Waals surface area contributed by atoms with Crippen LogP contribution in [0.15, 0.2) is 29.8 Å². The Balaban J connectivity index is 2.30. The minimum absolute atomic E-state index is 0.306. The molecule has 0 bridgehead atoms. The summed E-state index contributed by atoms with van der Waals surface area (Å²) in [6.07, 6.45) is 2.60. The van der Waals surface area contributed by atoms with Crippen molar-refractivity contribution in [3.63, 3.8) is 0 Å². The molecule has 0 fully saturated rings. The standard InChI is InChI=1S/C18H24O3/c1-12(2)11-18(15(5)9-10-20-18)17(19)21-16-13(3)7-6-8-14(16)4/h6-9,12H,10-11H2,1-5H3/t18-/m1/s1. The second-order valence-corrected chi connectivity index (χ2v) is 6.23. The summed E-state index contributed by atoms with van der Waals surface area (Å²) >= 11 is 0. The minimum atomic E-state index is -0.928. The van der Waals surface area contributed by atoms with Gasteiger partial charge in [-0.1, -0.05) is 38.1 Å². The molecule has 114 valence electrons. The Morgan fingerprint density at radius 3 is 2.38 bits per heavy atom. The molecule has 1 aliphatic rings. The molecule has 21 heavy (non-hydrogen) atoms. The van der Waals surface area contributed by atoms with Crippen LogP contribution >= 0.6 is 0 Å². The van der Waals surface area contributed by atoms with E-state index in [9.17, 15) is 4.79 Å². The van der Waals surface area contributed by atoms with Gasteiger partial charge in [-0.3, -0.25) is 0 Å². The molecule has 1 heterocycles. The second kappa shape index (κ2) is 6.02. The molecule has 0 aliphatic carbocycles. The van der Waals surface area contributed by atoms with Crippen LogP contribution in [0.4, 0.5) is 0 Å². The largest absolute Gasteiger partial charge is 0.424 e. The van der Waals surface area contributed by atoms with Crippen LogP contribution in [0.25, 0.3) is 0 Å². The molecule has 0 amide bonds. The third kappa shape index (κ3) is 3.03. The van der Waals surface area contributed by atoms with Crippen LogP contribution in [0.2, 0.25) is 0 Å². The van der Waals surface area contributed by atoms with Crippen molar-refractivity contribution in [2.24, 2.45) is 5.92 Å². The van der Waals surface area contributed by atoms with E-state index in [4.69, 9.17) is 9.47 Å². The van der Waals surface area contributed by atoms with Gasteiger partial charge >= 0.3 is 5.97 Å². The fourth-order valence-corrected chi connectivity index (χ4v) is 2.82. The van der Waals surface area contributed by atoms with Crippen LogP contribution in [-0.4, -0.2) is 18.2 Å². The lowest BCUT2D eigenvalue weighted by Gasteiger charge is -2.30. The van der Waals surface area contributed by atoms with Gasteiger partial charge in [0, 0.05) is 0 Å². The van der Waals surface area contributed by atoms with Crippen LogP contribution < -0.4 is 4.74 Å². The molecule has 3 nitrogen and oxygen atoms in total. The maximum absolute atomic E-state index is 12.8. The summed E-state index contributed by atoms with van der Waals surface area (Å²) in [5.74, 6) is 0.686. The molecule has 0 radical (unpaired) electrons. The van der Waals surface area contributed by atoms with Gasteiger partial charge in [-0.05, 0) is 49.8 Å². The first-order valence-corrected chi connectivity index (χ1v) is 7.46. The summed E-state index contributed by atoms with van der Waals surface area (Å²) in [5.41, 5.74) is 1.95. The average Bonchev–Trinajstić information content (AvgIpc) is 2.75. The van der Waals surface area contributed by atoms with Gasteiger partial charge in [-0.25, -0.2) is 4.79 Å². The zero-order chi connectivity index (χ0) is 15.6. The topological polar surface area (TPSA) is 35.5 Å². The van der Waals surface area contributed by atoms with E-state index in [2.05, 4.69) is 13.8 Å². The highest BCUT2D eigenvalue weighted by Gasteiger charge is 2.46. The number of esters is 1. The van der Waals surface area contributed by atoms with Crippen LogP contribution in [-0.2, 0) is 9.53 Å². The molecule has 1 atom stereocenters. The Morgan fingerprint density at radius 1 is 1.29 bits per heavy atom. The molecular formula is C18H24O3. The molecule has 3 heteroatoms. The van der Waals surface area contributed by atoms with E-state index in [1.807, 2.05) is 45.0 Å². The van der Waals surface area contributed by atoms with Gasteiger partial charge in [0.15, 0.2) is 5.60 Å². The highest BCUT2D eigenvalue weighted by molar-refractivity contribution is 5.86. The van der Waals surface area contributed by atoms with Gasteiger partial charge in [0.05, 0.1) is 6.61 Å². The maximum atomic E-state index is 12.8. The predicted octanol–water partition coefficient (Wildman–Crippen LogP) is 3.97. The maximum Gasteiger partial charge on any atom is 0.348 e. The summed E-state index contributed by atoms with van der Waals surface area (Å²) in [4.78, 5) is 12.8. The van der Waals surface area contributed by atoms with Crippen LogP contribution in [0.5, 0.6) is 5.75 Å². The monoisotopic (exact) mass is 288 g/mol. The van der Waals surface area contributed by atoms with Crippen molar-refractivity contribution < 1.29 is 14.3 Å². The Morgan fingerprint density at radius 2 is 1.90 bits per heavy atom. The molecule has 1 aromatic rings. The van der Waals surface area contributed by atoms with Crippen molar-refractivity contribution in [3.8, 4) is 5.75 Å². The highest BCUT2D eigenvalue weighted by Crippen LogP contribution is 2.36. The van der Waals surface area contributed by atoms with Gasteiger partial charge in [0.25, 0.3) is 0 Å². The third-order valence-corrected chi connectivity index (χ3v) is 3.99. The predicted molar refractivity (Wildman–Crippen MR) is 83.4 cm³/mol. The Bertz CT molecular complexity index is 552. The molecule has 0 spiro atoms. The number of benzene rings is 1. The van der Waals surface area contributed by atoms with Gasteiger partial charge in [0.1, 0.15) is 5.75 Å². The number of para-hydroxylation sites is 1. The smallest absolute Gasteiger partial charge is 0.348 e. The number of carbonyl (C=O) groups is 1. The van der Waals surface area contributed by atoms with Crippen molar-refractivity contribution in [3.05, 3.63) is 41.0 Å². The van der Waals surface area contributed by atoms with Crippen molar-refractivity contribution in [2.45, 2.75) is 46.6 Å². The summed E-state index contributed by atoms with van der Waals surface area (Å²) in [5, 5.41) is 0. The number of hydrogen-bond donors (Lipinski definition) is 0. The molecule has 1 aromatic carbocycles. The van der Waals surface area contributed by atoms with Gasteiger partial charge in [0.2, 0.25) is 0 Å². The molecule has 0 saturated carbocycles. The van der Waals surface area contributed by atoms with Gasteiger partial charge in [-0.15, -0.1) is 0 Å².